The highest BCUT2D eigenvalue weighted by atomic mass is 35.5. The fourth-order valence-electron chi connectivity index (χ4n) is 3.84. The third-order valence-corrected chi connectivity index (χ3v) is 8.05. The highest BCUT2D eigenvalue weighted by Crippen LogP contribution is 2.44. The third-order valence-electron chi connectivity index (χ3n) is 5.67. The molecule has 2 aromatic heterocycles. The van der Waals surface area contributed by atoms with E-state index in [0.717, 1.165) is 5.56 Å². The molecule has 1 aliphatic rings. The van der Waals surface area contributed by atoms with Gasteiger partial charge in [0.25, 0.3) is 5.78 Å². The molecule has 0 bridgehead atoms. The van der Waals surface area contributed by atoms with Crippen LogP contribution in [0.1, 0.15) is 28.3 Å². The first-order chi connectivity index (χ1) is 17.4. The van der Waals surface area contributed by atoms with Crippen LogP contribution >= 0.6 is 34.7 Å². The summed E-state index contributed by atoms with van der Waals surface area (Å²) in [4.78, 5) is 31.8. The Morgan fingerprint density at radius 2 is 1.72 bits per heavy atom. The molecule has 0 radical (unpaired) electrons. The molecule has 0 spiro atoms. The summed E-state index contributed by atoms with van der Waals surface area (Å²) in [6.07, 6.45) is 3.14. The zero-order valence-electron chi connectivity index (χ0n) is 19.0. The molecule has 1 aliphatic heterocycles. The van der Waals surface area contributed by atoms with Crippen molar-refractivity contribution in [1.82, 2.24) is 15.2 Å². The minimum atomic E-state index is -0.883. The maximum atomic E-state index is 13.2. The van der Waals surface area contributed by atoms with Gasteiger partial charge >= 0.3 is 5.91 Å². The van der Waals surface area contributed by atoms with Crippen molar-refractivity contribution in [3.8, 4) is 0 Å². The summed E-state index contributed by atoms with van der Waals surface area (Å²) >= 11 is 8.71. The number of anilines is 1. The van der Waals surface area contributed by atoms with Crippen molar-refractivity contribution in [2.45, 2.75) is 23.1 Å². The number of aliphatic hydroxyl groups is 1. The molecule has 4 aromatic rings. The molecule has 1 N–H and O–H groups in total. The second-order valence-corrected chi connectivity index (χ2v) is 10.7. The van der Waals surface area contributed by atoms with Crippen molar-refractivity contribution in [2.24, 2.45) is 0 Å². The van der Waals surface area contributed by atoms with E-state index in [1.54, 1.807) is 48.8 Å². The number of carbonyl (C=O) groups is 2. The standard InChI is InChI=1S/C26H19ClN4O3S2/c1-15-2-4-16(5-3-15)14-35-26-30-29-25(36-26)31-21(17-10-12-28-13-11-17)20(23(33)24(31)34)22(32)18-6-8-19(27)9-7-18/h2-13,21,32H,14H2,1H3/b22-20-. The molecule has 10 heteroatoms. The van der Waals surface area contributed by atoms with Crippen LogP contribution in [-0.2, 0) is 15.3 Å². The number of ketones is 1. The van der Waals surface area contributed by atoms with Gasteiger partial charge in [0.1, 0.15) is 5.76 Å². The van der Waals surface area contributed by atoms with Gasteiger partial charge in [-0.15, -0.1) is 10.2 Å². The smallest absolute Gasteiger partial charge is 0.301 e. The van der Waals surface area contributed by atoms with Gasteiger partial charge in [0.05, 0.1) is 11.6 Å². The average molecular weight is 535 g/mol. The molecule has 1 fully saturated rings. The molecular formula is C26H19ClN4O3S2. The van der Waals surface area contributed by atoms with Crippen LogP contribution in [0.5, 0.6) is 0 Å². The van der Waals surface area contributed by atoms with Gasteiger partial charge in [-0.25, -0.2) is 0 Å². The van der Waals surface area contributed by atoms with Crippen molar-refractivity contribution in [3.05, 3.63) is 106 Å². The van der Waals surface area contributed by atoms with E-state index < -0.39 is 17.7 Å². The van der Waals surface area contributed by atoms with Crippen LogP contribution in [0.3, 0.4) is 0 Å². The van der Waals surface area contributed by atoms with Gasteiger partial charge in [0.15, 0.2) is 4.34 Å². The van der Waals surface area contributed by atoms with Gasteiger partial charge < -0.3 is 5.11 Å². The van der Waals surface area contributed by atoms with Crippen molar-refractivity contribution in [1.29, 1.82) is 0 Å². The van der Waals surface area contributed by atoms with E-state index in [1.165, 1.54) is 33.6 Å². The number of pyridine rings is 1. The van der Waals surface area contributed by atoms with Crippen molar-refractivity contribution in [2.75, 3.05) is 4.90 Å². The predicted molar refractivity (Wildman–Crippen MR) is 141 cm³/mol. The molecule has 0 aliphatic carbocycles. The fraction of sp³-hybridized carbons (Fsp3) is 0.115. The molecule has 7 nitrogen and oxygen atoms in total. The zero-order chi connectivity index (χ0) is 25.2. The Morgan fingerprint density at radius 3 is 2.42 bits per heavy atom. The first-order valence-electron chi connectivity index (χ1n) is 10.9. The van der Waals surface area contributed by atoms with Crippen LogP contribution in [-0.4, -0.2) is 32.0 Å². The van der Waals surface area contributed by atoms with Crippen LogP contribution in [0, 0.1) is 6.92 Å². The van der Waals surface area contributed by atoms with Gasteiger partial charge in [-0.2, -0.15) is 0 Å². The Labute approximate surface area is 220 Å². The fourth-order valence-corrected chi connectivity index (χ4v) is 5.79. The van der Waals surface area contributed by atoms with Crippen LogP contribution < -0.4 is 4.90 Å². The maximum absolute atomic E-state index is 13.2. The van der Waals surface area contributed by atoms with Crippen LogP contribution in [0.2, 0.25) is 5.02 Å². The number of carbonyl (C=O) groups excluding carboxylic acids is 2. The molecule has 1 atom stereocenters. The van der Waals surface area contributed by atoms with Crippen LogP contribution in [0.4, 0.5) is 5.13 Å². The lowest BCUT2D eigenvalue weighted by Crippen LogP contribution is -2.29. The van der Waals surface area contributed by atoms with Crippen LogP contribution in [0.25, 0.3) is 5.76 Å². The van der Waals surface area contributed by atoms with Gasteiger partial charge in [-0.1, -0.05) is 64.5 Å². The lowest BCUT2D eigenvalue weighted by Gasteiger charge is -2.22. The van der Waals surface area contributed by atoms with Crippen molar-refractivity contribution < 1.29 is 14.7 Å². The summed E-state index contributed by atoms with van der Waals surface area (Å²) in [5.41, 5.74) is 3.29. The summed E-state index contributed by atoms with van der Waals surface area (Å²) < 4.78 is 0.665. The number of nitrogens with zero attached hydrogens (tertiary/aromatic N) is 4. The minimum absolute atomic E-state index is 0.0300. The SMILES string of the molecule is Cc1ccc(CSc2nnc(N3C(=O)C(=O)/C(=C(\O)c4ccc(Cl)cc4)C3c3ccncc3)s2)cc1. The number of benzene rings is 2. The molecule has 1 unspecified atom stereocenters. The van der Waals surface area contributed by atoms with E-state index in [4.69, 9.17) is 11.6 Å². The Bertz CT molecular complexity index is 1450. The number of aromatic nitrogens is 3. The van der Waals surface area contributed by atoms with E-state index in [0.29, 0.717) is 26.2 Å². The molecule has 1 amide bonds. The lowest BCUT2D eigenvalue weighted by atomic mass is 9.96. The number of Topliss-reactive ketones (excluding diaryl/α,β-unsaturated/α-hetero) is 1. The summed E-state index contributed by atoms with van der Waals surface area (Å²) in [7, 11) is 0. The number of aryl methyl sites for hydroxylation is 1. The second kappa shape index (κ2) is 10.2. The van der Waals surface area contributed by atoms with Crippen molar-refractivity contribution >= 4 is 57.3 Å². The monoisotopic (exact) mass is 534 g/mol. The van der Waals surface area contributed by atoms with Gasteiger partial charge in [0.2, 0.25) is 5.13 Å². The Hall–Kier alpha value is -3.53. The first-order valence-corrected chi connectivity index (χ1v) is 13.1. The molecule has 1 saturated heterocycles. The van der Waals surface area contributed by atoms with Crippen LogP contribution in [0.15, 0.2) is 83.0 Å². The molecule has 36 heavy (non-hydrogen) atoms. The minimum Gasteiger partial charge on any atom is -0.507 e. The molecule has 2 aromatic carbocycles. The zero-order valence-corrected chi connectivity index (χ0v) is 21.3. The summed E-state index contributed by atoms with van der Waals surface area (Å²) in [6.45, 7) is 2.04. The van der Waals surface area contributed by atoms with Gasteiger partial charge in [0, 0.05) is 28.7 Å². The number of rotatable bonds is 6. The molecule has 180 valence electrons. The predicted octanol–water partition coefficient (Wildman–Crippen LogP) is 5.81. The topological polar surface area (TPSA) is 96.3 Å². The third kappa shape index (κ3) is 4.77. The quantitative estimate of drug-likeness (QED) is 0.109. The van der Waals surface area contributed by atoms with Crippen molar-refractivity contribution in [3.63, 3.8) is 0 Å². The van der Waals surface area contributed by atoms with E-state index in [9.17, 15) is 14.7 Å². The summed E-state index contributed by atoms with van der Waals surface area (Å²) in [5.74, 6) is -1.17. The molecule has 3 heterocycles. The number of thioether (sulfide) groups is 1. The van der Waals surface area contributed by atoms with E-state index in [1.807, 2.05) is 6.92 Å². The number of aliphatic hydroxyl groups excluding tert-OH is 1. The van der Waals surface area contributed by atoms with E-state index >= 15 is 0 Å². The number of amides is 1. The summed E-state index contributed by atoms with van der Waals surface area (Å²) in [5, 5.41) is 20.3. The highest BCUT2D eigenvalue weighted by molar-refractivity contribution is 8.00. The number of hydrogen-bond acceptors (Lipinski definition) is 8. The van der Waals surface area contributed by atoms with E-state index in [2.05, 4.69) is 39.4 Å². The number of hydrogen-bond donors (Lipinski definition) is 1. The molecule has 0 saturated carbocycles. The Kier molecular flexibility index (Phi) is 6.86. The Morgan fingerprint density at radius 1 is 1.03 bits per heavy atom. The maximum Gasteiger partial charge on any atom is 0.301 e. The lowest BCUT2D eigenvalue weighted by molar-refractivity contribution is -0.132. The summed E-state index contributed by atoms with van der Waals surface area (Å²) in [6, 6.07) is 17.1. The largest absolute Gasteiger partial charge is 0.507 e. The highest BCUT2D eigenvalue weighted by Gasteiger charge is 2.48. The Balaban J connectivity index is 1.51. The second-order valence-electron chi connectivity index (χ2n) is 8.08. The molecule has 5 rings (SSSR count). The molecular weight excluding hydrogens is 516 g/mol. The van der Waals surface area contributed by atoms with Gasteiger partial charge in [-0.05, 0) is 54.4 Å². The van der Waals surface area contributed by atoms with Gasteiger partial charge in [-0.3, -0.25) is 19.5 Å². The van der Waals surface area contributed by atoms with E-state index in [-0.39, 0.29) is 16.5 Å². The number of halogens is 1. The first kappa shape index (κ1) is 24.2. The normalized spacial score (nSPS) is 17.1. The average Bonchev–Trinajstić information content (AvgIpc) is 3.46.